The fourth-order valence-electron chi connectivity index (χ4n) is 5.80. The summed E-state index contributed by atoms with van der Waals surface area (Å²) in [4.78, 5) is 10.8. The van der Waals surface area contributed by atoms with E-state index in [1.54, 1.807) is 6.08 Å². The number of aliphatic hydroxyl groups is 1. The lowest BCUT2D eigenvalue weighted by atomic mass is 9.53. The van der Waals surface area contributed by atoms with Crippen molar-refractivity contribution in [1.29, 1.82) is 0 Å². The van der Waals surface area contributed by atoms with Gasteiger partial charge in [-0.15, -0.1) is 0 Å². The van der Waals surface area contributed by atoms with Crippen molar-refractivity contribution in [1.82, 2.24) is 0 Å². The van der Waals surface area contributed by atoms with Crippen LogP contribution in [-0.2, 0) is 4.79 Å². The first-order valence-corrected chi connectivity index (χ1v) is 10.5. The Morgan fingerprint density at radius 3 is 2.33 bits per heavy atom. The first-order chi connectivity index (χ1) is 12.5. The van der Waals surface area contributed by atoms with Gasteiger partial charge in [0.1, 0.15) is 0 Å². The molecular weight excluding hydrogens is 336 g/mol. The van der Waals surface area contributed by atoms with E-state index in [1.165, 1.54) is 11.6 Å². The molecule has 2 N–H and O–H groups in total. The summed E-state index contributed by atoms with van der Waals surface area (Å²) in [6, 6.07) is 0. The van der Waals surface area contributed by atoms with Crippen molar-refractivity contribution in [3.05, 3.63) is 36.0 Å². The molecule has 0 bridgehead atoms. The maximum atomic E-state index is 10.8. The first-order valence-electron chi connectivity index (χ1n) is 10.5. The Kier molecular flexibility index (Phi) is 7.13. The van der Waals surface area contributed by atoms with Crippen molar-refractivity contribution in [3.63, 3.8) is 0 Å². The molecular formula is C24H38O3. The normalized spacial score (nSPS) is 38.3. The van der Waals surface area contributed by atoms with Crippen molar-refractivity contribution in [3.8, 4) is 0 Å². The summed E-state index contributed by atoms with van der Waals surface area (Å²) < 4.78 is 0. The molecule has 27 heavy (non-hydrogen) atoms. The lowest BCUT2D eigenvalue weighted by Gasteiger charge is -2.52. The third-order valence-electron chi connectivity index (χ3n) is 6.55. The van der Waals surface area contributed by atoms with E-state index >= 15 is 0 Å². The van der Waals surface area contributed by atoms with Crippen LogP contribution in [0.25, 0.3) is 0 Å². The molecule has 0 unspecified atom stereocenters. The Hall–Kier alpha value is -1.35. The van der Waals surface area contributed by atoms with Gasteiger partial charge in [0.15, 0.2) is 0 Å². The minimum atomic E-state index is -0.920. The predicted octanol–water partition coefficient (Wildman–Crippen LogP) is 5.47. The third-order valence-corrected chi connectivity index (χ3v) is 6.55. The van der Waals surface area contributed by atoms with E-state index in [4.69, 9.17) is 5.11 Å². The van der Waals surface area contributed by atoms with Crippen LogP contribution in [-0.4, -0.2) is 22.3 Å². The molecule has 2 aliphatic rings. The van der Waals surface area contributed by atoms with Crippen LogP contribution in [0, 0.1) is 40.9 Å². The molecule has 0 saturated heterocycles. The van der Waals surface area contributed by atoms with Crippen molar-refractivity contribution in [2.45, 2.75) is 66.9 Å². The number of fused-ring (bicyclic) bond motifs is 1. The number of rotatable bonds is 4. The smallest absolute Gasteiger partial charge is 0.328 e. The van der Waals surface area contributed by atoms with Crippen LogP contribution < -0.4 is 0 Å². The topological polar surface area (TPSA) is 57.5 Å². The van der Waals surface area contributed by atoms with Gasteiger partial charge in [-0.05, 0) is 67.1 Å². The third kappa shape index (κ3) is 5.57. The summed E-state index contributed by atoms with van der Waals surface area (Å²) in [5, 5.41) is 19.5. The Morgan fingerprint density at radius 1 is 1.07 bits per heavy atom. The van der Waals surface area contributed by atoms with Crippen LogP contribution in [0.2, 0.25) is 0 Å². The molecule has 152 valence electrons. The minimum absolute atomic E-state index is 0.135. The molecule has 7 atom stereocenters. The first kappa shape index (κ1) is 21.9. The number of carboxylic acids is 1. The molecule has 0 aromatic heterocycles. The average molecular weight is 375 g/mol. The van der Waals surface area contributed by atoms with E-state index in [0.717, 1.165) is 19.3 Å². The second-order valence-corrected chi connectivity index (χ2v) is 10.0. The highest BCUT2D eigenvalue weighted by Crippen LogP contribution is 2.53. The van der Waals surface area contributed by atoms with E-state index in [2.05, 4.69) is 53.7 Å². The van der Waals surface area contributed by atoms with E-state index in [-0.39, 0.29) is 11.5 Å². The number of hydrogen-bond donors (Lipinski definition) is 2. The Balaban J connectivity index is 2.42. The van der Waals surface area contributed by atoms with Crippen LogP contribution in [0.3, 0.4) is 0 Å². The second-order valence-electron chi connectivity index (χ2n) is 10.0. The number of aliphatic hydroxyl groups excluding tert-OH is 1. The van der Waals surface area contributed by atoms with Gasteiger partial charge in [0, 0.05) is 6.08 Å². The van der Waals surface area contributed by atoms with Crippen LogP contribution in [0.4, 0.5) is 0 Å². The average Bonchev–Trinajstić information content (AvgIpc) is 2.52. The van der Waals surface area contributed by atoms with Crippen molar-refractivity contribution >= 4 is 5.97 Å². The number of aliphatic carboxylic acids is 1. The van der Waals surface area contributed by atoms with Crippen molar-refractivity contribution in [2.75, 3.05) is 0 Å². The van der Waals surface area contributed by atoms with Gasteiger partial charge < -0.3 is 10.2 Å². The molecule has 2 fully saturated rings. The maximum Gasteiger partial charge on any atom is 0.328 e. The van der Waals surface area contributed by atoms with E-state index in [1.807, 2.05) is 6.08 Å². The standard InChI is InChI=1S/C24H38O3/c1-15-11-12-20(25)19-13-16(2)22(17(3)14-24(4,5)6)18(23(15)19)9-7-8-10-21(26)27/h7-10,14-16,18-20,22-23,25H,11-13H2,1-6H3,(H,26,27)/b9-7+,10-8+,17-14-/t15-,16-,18+,19-,20-,22-,23-/m0/s1. The molecule has 0 amide bonds. The van der Waals surface area contributed by atoms with Gasteiger partial charge in [0.25, 0.3) is 0 Å². The van der Waals surface area contributed by atoms with E-state index in [0.29, 0.717) is 35.5 Å². The largest absolute Gasteiger partial charge is 0.478 e. The predicted molar refractivity (Wildman–Crippen MR) is 111 cm³/mol. The molecule has 0 aromatic rings. The molecule has 3 nitrogen and oxygen atoms in total. The second kappa shape index (κ2) is 8.77. The summed E-state index contributed by atoms with van der Waals surface area (Å²) in [6.45, 7) is 13.6. The molecule has 0 aliphatic heterocycles. The highest BCUT2D eigenvalue weighted by atomic mass is 16.4. The van der Waals surface area contributed by atoms with Crippen LogP contribution in [0.1, 0.15) is 60.8 Å². The van der Waals surface area contributed by atoms with E-state index < -0.39 is 5.97 Å². The minimum Gasteiger partial charge on any atom is -0.478 e. The lowest BCUT2D eigenvalue weighted by Crippen LogP contribution is -2.49. The zero-order valence-corrected chi connectivity index (χ0v) is 17.9. The molecule has 0 spiro atoms. The van der Waals surface area contributed by atoms with Gasteiger partial charge in [-0.25, -0.2) is 4.79 Å². The summed E-state index contributed by atoms with van der Waals surface area (Å²) in [7, 11) is 0. The van der Waals surface area contributed by atoms with Crippen LogP contribution >= 0.6 is 0 Å². The SMILES string of the molecule is C/C(=C/C(C)(C)C)[C@H]1[C@@H](/C=C/C=C/C(=O)O)[C@H]2[C@@H](C[C@@H]1C)[C@@H](O)CC[C@@H]2C. The van der Waals surface area contributed by atoms with Crippen molar-refractivity contribution < 1.29 is 15.0 Å². The van der Waals surface area contributed by atoms with Gasteiger partial charge in [-0.2, -0.15) is 0 Å². The fourth-order valence-corrected chi connectivity index (χ4v) is 5.80. The highest BCUT2D eigenvalue weighted by Gasteiger charge is 2.48. The fraction of sp³-hybridized carbons (Fsp3) is 0.708. The summed E-state index contributed by atoms with van der Waals surface area (Å²) in [6.07, 6.45) is 12.2. The van der Waals surface area contributed by atoms with Crippen LogP contribution in [0.5, 0.6) is 0 Å². The van der Waals surface area contributed by atoms with E-state index in [9.17, 15) is 9.90 Å². The molecule has 0 heterocycles. The molecule has 2 saturated carbocycles. The Bertz CT molecular complexity index is 608. The Morgan fingerprint density at radius 2 is 1.74 bits per heavy atom. The van der Waals surface area contributed by atoms with Gasteiger partial charge in [-0.3, -0.25) is 0 Å². The molecule has 0 aromatic carbocycles. The summed E-state index contributed by atoms with van der Waals surface area (Å²) in [5.41, 5.74) is 1.56. The number of hydrogen-bond acceptors (Lipinski definition) is 2. The number of allylic oxidation sites excluding steroid dienone is 5. The molecule has 2 rings (SSSR count). The number of carboxylic acid groups (broad SMARTS) is 1. The van der Waals surface area contributed by atoms with Gasteiger partial charge in [-0.1, -0.05) is 64.5 Å². The van der Waals surface area contributed by atoms with Gasteiger partial charge in [0.2, 0.25) is 0 Å². The van der Waals surface area contributed by atoms with Gasteiger partial charge in [0.05, 0.1) is 6.10 Å². The molecule has 0 radical (unpaired) electrons. The summed E-state index contributed by atoms with van der Waals surface area (Å²) in [5.74, 6) is 1.73. The quantitative estimate of drug-likeness (QED) is 0.390. The Labute approximate surface area is 165 Å². The maximum absolute atomic E-state index is 10.8. The van der Waals surface area contributed by atoms with Crippen molar-refractivity contribution in [2.24, 2.45) is 40.9 Å². The zero-order chi connectivity index (χ0) is 20.4. The number of carbonyl (C=O) groups is 1. The monoisotopic (exact) mass is 374 g/mol. The lowest BCUT2D eigenvalue weighted by molar-refractivity contribution is -0.131. The molecule has 3 heteroatoms. The summed E-state index contributed by atoms with van der Waals surface area (Å²) >= 11 is 0. The van der Waals surface area contributed by atoms with Crippen LogP contribution in [0.15, 0.2) is 36.0 Å². The highest BCUT2D eigenvalue weighted by molar-refractivity contribution is 5.80. The van der Waals surface area contributed by atoms with Gasteiger partial charge >= 0.3 is 5.97 Å². The molecule has 2 aliphatic carbocycles. The zero-order valence-electron chi connectivity index (χ0n) is 17.9.